The lowest BCUT2D eigenvalue weighted by Crippen LogP contribution is -2.50. The number of benzene rings is 1. The van der Waals surface area contributed by atoms with Crippen LogP contribution in [0, 0.1) is 0 Å². The van der Waals surface area contributed by atoms with Gasteiger partial charge in [-0.3, -0.25) is 4.90 Å². The Balaban J connectivity index is 2.35. The van der Waals surface area contributed by atoms with E-state index in [1.807, 2.05) is 26.8 Å². The van der Waals surface area contributed by atoms with Gasteiger partial charge in [-0.2, -0.15) is 0 Å². The zero-order valence-corrected chi connectivity index (χ0v) is 15.6. The van der Waals surface area contributed by atoms with Crippen molar-refractivity contribution < 1.29 is 19.4 Å². The van der Waals surface area contributed by atoms with Crippen LogP contribution in [-0.2, 0) is 9.47 Å². The van der Waals surface area contributed by atoms with E-state index in [1.165, 1.54) is 0 Å². The predicted octanol–water partition coefficient (Wildman–Crippen LogP) is 4.05. The number of hydrogen-bond donors (Lipinski definition) is 1. The molecule has 0 spiro atoms. The van der Waals surface area contributed by atoms with Crippen LogP contribution in [-0.4, -0.2) is 47.6 Å². The Hall–Kier alpha value is -1.01. The second-order valence-corrected chi connectivity index (χ2v) is 7.53. The fourth-order valence-corrected chi connectivity index (χ4v) is 3.02. The number of morpholine rings is 1. The molecule has 1 aliphatic heterocycles. The average Bonchev–Trinajstić information content (AvgIpc) is 2.48. The zero-order chi connectivity index (χ0) is 17.9. The Bertz CT molecular complexity index is 586. The molecule has 1 aliphatic rings. The minimum absolute atomic E-state index is 0.0371. The van der Waals surface area contributed by atoms with Gasteiger partial charge in [0.15, 0.2) is 0 Å². The van der Waals surface area contributed by atoms with E-state index in [9.17, 15) is 9.90 Å². The summed E-state index contributed by atoms with van der Waals surface area (Å²) in [4.78, 5) is 14.3. The maximum Gasteiger partial charge on any atom is 0.410 e. The number of aliphatic hydroxyl groups is 1. The molecule has 1 saturated heterocycles. The molecule has 1 unspecified atom stereocenters. The normalized spacial score (nSPS) is 21.7. The molecule has 0 radical (unpaired) electrons. The van der Waals surface area contributed by atoms with Gasteiger partial charge in [0.25, 0.3) is 0 Å². The molecule has 1 aromatic rings. The van der Waals surface area contributed by atoms with E-state index < -0.39 is 17.7 Å². The molecule has 2 atom stereocenters. The highest BCUT2D eigenvalue weighted by Gasteiger charge is 2.38. The maximum atomic E-state index is 12.6. The number of rotatable bonds is 3. The molecule has 0 bridgehead atoms. The van der Waals surface area contributed by atoms with Crippen LogP contribution in [0.4, 0.5) is 4.79 Å². The number of carbonyl (C=O) groups excluding carboxylic acids is 1. The van der Waals surface area contributed by atoms with Gasteiger partial charge in [0.05, 0.1) is 28.8 Å². The summed E-state index contributed by atoms with van der Waals surface area (Å²) in [7, 11) is 0. The topological polar surface area (TPSA) is 59.0 Å². The molecule has 1 amide bonds. The Morgan fingerprint density at radius 3 is 2.67 bits per heavy atom. The highest BCUT2D eigenvalue weighted by molar-refractivity contribution is 6.42. The predicted molar refractivity (Wildman–Crippen MR) is 93.6 cm³/mol. The quantitative estimate of drug-likeness (QED) is 0.865. The van der Waals surface area contributed by atoms with Gasteiger partial charge in [-0.25, -0.2) is 4.79 Å². The van der Waals surface area contributed by atoms with Gasteiger partial charge in [0, 0.05) is 13.2 Å². The van der Waals surface area contributed by atoms with Crippen molar-refractivity contribution in [2.24, 2.45) is 0 Å². The van der Waals surface area contributed by atoms with Gasteiger partial charge in [-0.1, -0.05) is 29.3 Å². The van der Waals surface area contributed by atoms with E-state index in [1.54, 1.807) is 17.0 Å². The summed E-state index contributed by atoms with van der Waals surface area (Å²) in [6.07, 6.45) is -0.345. The Morgan fingerprint density at radius 2 is 2.08 bits per heavy atom. The molecule has 7 heteroatoms. The van der Waals surface area contributed by atoms with Crippen molar-refractivity contribution in [1.82, 2.24) is 4.90 Å². The maximum absolute atomic E-state index is 12.6. The highest BCUT2D eigenvalue weighted by atomic mass is 35.5. The summed E-state index contributed by atoms with van der Waals surface area (Å²) < 4.78 is 11.3. The van der Waals surface area contributed by atoms with Gasteiger partial charge >= 0.3 is 6.09 Å². The third kappa shape index (κ3) is 4.76. The van der Waals surface area contributed by atoms with E-state index in [0.29, 0.717) is 29.6 Å². The Morgan fingerprint density at radius 1 is 1.38 bits per heavy atom. The number of hydrogen-bond acceptors (Lipinski definition) is 4. The molecule has 1 aromatic carbocycles. The van der Waals surface area contributed by atoms with Crippen LogP contribution in [0.3, 0.4) is 0 Å². The van der Waals surface area contributed by atoms with Crippen molar-refractivity contribution in [3.63, 3.8) is 0 Å². The number of halogens is 2. The summed E-state index contributed by atoms with van der Waals surface area (Å²) >= 11 is 12.1. The third-order valence-electron chi connectivity index (χ3n) is 3.68. The number of nitrogens with zero attached hydrogens (tertiary/aromatic N) is 1. The Kier molecular flexibility index (Phi) is 6.37. The SMILES string of the molecule is CC(C)(C)OC(=O)N1CCO[C@H](CCO)C1c1ccc(Cl)c(Cl)c1. The van der Waals surface area contributed by atoms with E-state index in [4.69, 9.17) is 32.7 Å². The first kappa shape index (κ1) is 19.3. The number of carbonyl (C=O) groups is 1. The van der Waals surface area contributed by atoms with Crippen molar-refractivity contribution >= 4 is 29.3 Å². The highest BCUT2D eigenvalue weighted by Crippen LogP contribution is 2.35. The number of amides is 1. The van der Waals surface area contributed by atoms with E-state index >= 15 is 0 Å². The van der Waals surface area contributed by atoms with E-state index in [2.05, 4.69) is 0 Å². The number of aliphatic hydroxyl groups excluding tert-OH is 1. The summed E-state index contributed by atoms with van der Waals surface area (Å²) in [5.74, 6) is 0. The monoisotopic (exact) mass is 375 g/mol. The molecule has 24 heavy (non-hydrogen) atoms. The van der Waals surface area contributed by atoms with E-state index in [-0.39, 0.29) is 12.7 Å². The molecule has 0 saturated carbocycles. The molecule has 5 nitrogen and oxygen atoms in total. The minimum atomic E-state index is -0.593. The van der Waals surface area contributed by atoms with Crippen molar-refractivity contribution in [2.45, 2.75) is 44.9 Å². The lowest BCUT2D eigenvalue weighted by atomic mass is 9.96. The smallest absolute Gasteiger partial charge is 0.410 e. The zero-order valence-electron chi connectivity index (χ0n) is 14.1. The van der Waals surface area contributed by atoms with Crippen LogP contribution in [0.15, 0.2) is 18.2 Å². The van der Waals surface area contributed by atoms with Crippen molar-refractivity contribution in [3.8, 4) is 0 Å². The minimum Gasteiger partial charge on any atom is -0.444 e. The first-order valence-corrected chi connectivity index (χ1v) is 8.65. The lowest BCUT2D eigenvalue weighted by molar-refractivity contribution is -0.0837. The van der Waals surface area contributed by atoms with Crippen LogP contribution < -0.4 is 0 Å². The Labute approximate surface area is 152 Å². The van der Waals surface area contributed by atoms with Crippen LogP contribution in [0.1, 0.15) is 38.8 Å². The molecular formula is C17H23Cl2NO4. The molecule has 1 heterocycles. The molecule has 0 aromatic heterocycles. The second-order valence-electron chi connectivity index (χ2n) is 6.71. The first-order valence-electron chi connectivity index (χ1n) is 7.90. The average molecular weight is 376 g/mol. The lowest BCUT2D eigenvalue weighted by Gasteiger charge is -2.41. The molecule has 1 fully saturated rings. The summed E-state index contributed by atoms with van der Waals surface area (Å²) in [5, 5.41) is 10.2. The van der Waals surface area contributed by atoms with Gasteiger partial charge in [-0.05, 0) is 44.9 Å². The van der Waals surface area contributed by atoms with Crippen molar-refractivity contribution in [1.29, 1.82) is 0 Å². The molecule has 0 aliphatic carbocycles. The van der Waals surface area contributed by atoms with Gasteiger partial charge < -0.3 is 14.6 Å². The van der Waals surface area contributed by atoms with Gasteiger partial charge in [-0.15, -0.1) is 0 Å². The van der Waals surface area contributed by atoms with Crippen molar-refractivity contribution in [3.05, 3.63) is 33.8 Å². The van der Waals surface area contributed by atoms with Crippen LogP contribution in [0.25, 0.3) is 0 Å². The van der Waals surface area contributed by atoms with Crippen molar-refractivity contribution in [2.75, 3.05) is 19.8 Å². The summed E-state index contributed by atoms with van der Waals surface area (Å²) in [5.41, 5.74) is 0.206. The molecule has 2 rings (SSSR count). The first-order chi connectivity index (χ1) is 11.2. The molecule has 134 valence electrons. The fourth-order valence-electron chi connectivity index (χ4n) is 2.72. The number of ether oxygens (including phenoxy) is 2. The largest absolute Gasteiger partial charge is 0.444 e. The summed E-state index contributed by atoms with van der Waals surface area (Å²) in [6, 6.07) is 4.84. The van der Waals surface area contributed by atoms with E-state index in [0.717, 1.165) is 5.56 Å². The van der Waals surface area contributed by atoms with Gasteiger partial charge in [0.2, 0.25) is 0 Å². The second kappa shape index (κ2) is 7.91. The standard InChI is InChI=1S/C17H23Cl2NO4/c1-17(2,3)24-16(22)20-7-9-23-14(6-8-21)15(20)11-4-5-12(18)13(19)10-11/h4-5,10,14-15,21H,6-9H2,1-3H3/t14-,15?/m1/s1. The molecular weight excluding hydrogens is 353 g/mol. The fraction of sp³-hybridized carbons (Fsp3) is 0.588. The third-order valence-corrected chi connectivity index (χ3v) is 4.42. The molecule has 1 N–H and O–H groups in total. The van der Waals surface area contributed by atoms with Crippen LogP contribution in [0.5, 0.6) is 0 Å². The van der Waals surface area contributed by atoms with Crippen LogP contribution >= 0.6 is 23.2 Å². The summed E-state index contributed by atoms with van der Waals surface area (Å²) in [6.45, 7) is 6.23. The van der Waals surface area contributed by atoms with Crippen LogP contribution in [0.2, 0.25) is 10.0 Å². The van der Waals surface area contributed by atoms with Gasteiger partial charge in [0.1, 0.15) is 5.60 Å².